The number of benzene rings is 1. The molecule has 5 nitrogen and oxygen atoms in total. The van der Waals surface area contributed by atoms with Crippen molar-refractivity contribution in [2.75, 3.05) is 12.4 Å². The molecule has 1 aromatic heterocycles. The summed E-state index contributed by atoms with van der Waals surface area (Å²) in [4.78, 5) is 37.4. The number of amides is 1. The molecule has 1 N–H and O–H groups in total. The average Bonchev–Trinajstić information content (AvgIpc) is 2.88. The van der Waals surface area contributed by atoms with E-state index in [0.29, 0.717) is 16.1 Å². The number of nitrogens with one attached hydrogen (secondary N) is 1. The van der Waals surface area contributed by atoms with E-state index in [9.17, 15) is 14.4 Å². The third-order valence-electron chi connectivity index (χ3n) is 4.44. The van der Waals surface area contributed by atoms with Crippen molar-refractivity contribution < 1.29 is 19.1 Å². The van der Waals surface area contributed by atoms with Crippen LogP contribution in [0.5, 0.6) is 0 Å². The number of thiophene rings is 1. The maximum atomic E-state index is 12.3. The van der Waals surface area contributed by atoms with Gasteiger partial charge in [-0.15, -0.1) is 11.3 Å². The molecule has 0 saturated carbocycles. The molecule has 138 valence electrons. The molecule has 26 heavy (non-hydrogen) atoms. The number of esters is 1. The second kappa shape index (κ2) is 8.27. The lowest BCUT2D eigenvalue weighted by molar-refractivity contribution is -0.116. The molecule has 0 saturated heterocycles. The van der Waals surface area contributed by atoms with Crippen molar-refractivity contribution in [2.24, 2.45) is 0 Å². The molecule has 6 heteroatoms. The van der Waals surface area contributed by atoms with Gasteiger partial charge in [0.2, 0.25) is 5.91 Å². The van der Waals surface area contributed by atoms with Crippen molar-refractivity contribution in [2.45, 2.75) is 40.5 Å². The standard InChI is InChI=1S/C20H23NO4S/c1-11-6-7-15(10-12(11)2)16(22)8-9-17(23)21-19-18(20(24)25-5)13(3)14(4)26-19/h6-7,10H,8-9H2,1-5H3,(H,21,23). The van der Waals surface area contributed by atoms with Crippen LogP contribution < -0.4 is 5.32 Å². The number of rotatable bonds is 6. The molecule has 1 amide bonds. The third-order valence-corrected chi connectivity index (χ3v) is 5.56. The summed E-state index contributed by atoms with van der Waals surface area (Å²) in [6, 6.07) is 5.53. The Kier molecular flexibility index (Phi) is 6.32. The Labute approximate surface area is 157 Å². The first-order valence-electron chi connectivity index (χ1n) is 8.33. The number of Topliss-reactive ketones (excluding diaryl/α,β-unsaturated/α-hetero) is 1. The lowest BCUT2D eigenvalue weighted by atomic mass is 10.0. The Morgan fingerprint density at radius 2 is 1.73 bits per heavy atom. The van der Waals surface area contributed by atoms with Crippen LogP contribution >= 0.6 is 11.3 Å². The van der Waals surface area contributed by atoms with Crippen LogP contribution in [0.2, 0.25) is 0 Å². The Hall–Kier alpha value is -2.47. The zero-order chi connectivity index (χ0) is 19.4. The Morgan fingerprint density at radius 3 is 2.35 bits per heavy atom. The maximum absolute atomic E-state index is 12.3. The smallest absolute Gasteiger partial charge is 0.341 e. The summed E-state index contributed by atoms with van der Waals surface area (Å²) in [6.45, 7) is 7.64. The molecule has 1 aromatic carbocycles. The fourth-order valence-electron chi connectivity index (χ4n) is 2.54. The number of hydrogen-bond donors (Lipinski definition) is 1. The van der Waals surface area contributed by atoms with Crippen molar-refractivity contribution in [3.05, 3.63) is 50.9 Å². The topological polar surface area (TPSA) is 72.5 Å². The third kappa shape index (κ3) is 4.38. The van der Waals surface area contributed by atoms with E-state index >= 15 is 0 Å². The Bertz CT molecular complexity index is 867. The van der Waals surface area contributed by atoms with E-state index in [4.69, 9.17) is 4.74 Å². The monoisotopic (exact) mass is 373 g/mol. The van der Waals surface area contributed by atoms with Gasteiger partial charge in [0.25, 0.3) is 0 Å². The summed E-state index contributed by atoms with van der Waals surface area (Å²) in [7, 11) is 1.31. The minimum atomic E-state index is -0.478. The average molecular weight is 373 g/mol. The largest absolute Gasteiger partial charge is 0.465 e. The van der Waals surface area contributed by atoms with Gasteiger partial charge >= 0.3 is 5.97 Å². The second-order valence-electron chi connectivity index (χ2n) is 6.25. The molecule has 0 bridgehead atoms. The first-order chi connectivity index (χ1) is 12.2. The summed E-state index contributed by atoms with van der Waals surface area (Å²) in [6.07, 6.45) is 0.174. The van der Waals surface area contributed by atoms with Gasteiger partial charge in [0.05, 0.1) is 12.7 Å². The first kappa shape index (κ1) is 19.8. The summed E-state index contributed by atoms with van der Waals surface area (Å²) in [5.41, 5.74) is 3.96. The molecule has 0 aliphatic heterocycles. The minimum Gasteiger partial charge on any atom is -0.465 e. The van der Waals surface area contributed by atoms with Crippen LogP contribution in [0.4, 0.5) is 5.00 Å². The molecule has 2 aromatic rings. The number of methoxy groups -OCH3 is 1. The molecule has 0 aliphatic rings. The van der Waals surface area contributed by atoms with Gasteiger partial charge in [0.1, 0.15) is 5.00 Å². The molecular formula is C20H23NO4S. The number of aryl methyl sites for hydroxylation is 3. The molecule has 0 aliphatic carbocycles. The predicted molar refractivity (Wildman–Crippen MR) is 103 cm³/mol. The van der Waals surface area contributed by atoms with Crippen molar-refractivity contribution in [1.29, 1.82) is 0 Å². The van der Waals surface area contributed by atoms with Crippen molar-refractivity contribution in [1.82, 2.24) is 0 Å². The van der Waals surface area contributed by atoms with Gasteiger partial charge < -0.3 is 10.1 Å². The quantitative estimate of drug-likeness (QED) is 0.603. The lowest BCUT2D eigenvalue weighted by Gasteiger charge is -2.07. The van der Waals surface area contributed by atoms with Crippen molar-refractivity contribution in [3.63, 3.8) is 0 Å². The molecule has 2 rings (SSSR count). The van der Waals surface area contributed by atoms with E-state index in [1.54, 1.807) is 6.07 Å². The fraction of sp³-hybridized carbons (Fsp3) is 0.350. The second-order valence-corrected chi connectivity index (χ2v) is 7.47. The first-order valence-corrected chi connectivity index (χ1v) is 9.14. The zero-order valence-corrected chi connectivity index (χ0v) is 16.5. The predicted octanol–water partition coefficient (Wildman–Crippen LogP) is 4.37. The van der Waals surface area contributed by atoms with E-state index in [0.717, 1.165) is 21.6 Å². The molecule has 0 spiro atoms. The highest BCUT2D eigenvalue weighted by molar-refractivity contribution is 7.16. The van der Waals surface area contributed by atoms with Crippen LogP contribution in [0.3, 0.4) is 0 Å². The van der Waals surface area contributed by atoms with Crippen molar-refractivity contribution in [3.8, 4) is 0 Å². The molecule has 1 heterocycles. The van der Waals surface area contributed by atoms with Crippen LogP contribution in [0.1, 0.15) is 55.1 Å². The fourth-order valence-corrected chi connectivity index (χ4v) is 3.60. The van der Waals surface area contributed by atoms with Crippen LogP contribution in [0, 0.1) is 27.7 Å². The highest BCUT2D eigenvalue weighted by Crippen LogP contribution is 2.33. The van der Waals surface area contributed by atoms with Gasteiger partial charge in [-0.3, -0.25) is 9.59 Å². The summed E-state index contributed by atoms with van der Waals surface area (Å²) in [5, 5.41) is 3.21. The van der Waals surface area contributed by atoms with Crippen LogP contribution in [0.25, 0.3) is 0 Å². The number of ether oxygens (including phenoxy) is 1. The number of hydrogen-bond acceptors (Lipinski definition) is 5. The Balaban J connectivity index is 2.03. The maximum Gasteiger partial charge on any atom is 0.341 e. The van der Waals surface area contributed by atoms with Crippen molar-refractivity contribution >= 4 is 34.0 Å². The van der Waals surface area contributed by atoms with Gasteiger partial charge in [0.15, 0.2) is 5.78 Å². The van der Waals surface area contributed by atoms with Gasteiger partial charge in [0, 0.05) is 23.3 Å². The van der Waals surface area contributed by atoms with E-state index in [2.05, 4.69) is 5.32 Å². The molecule has 0 unspecified atom stereocenters. The minimum absolute atomic E-state index is 0.0579. The van der Waals surface area contributed by atoms with Crippen LogP contribution in [0.15, 0.2) is 18.2 Å². The SMILES string of the molecule is COC(=O)c1c(NC(=O)CCC(=O)c2ccc(C)c(C)c2)sc(C)c1C. The van der Waals surface area contributed by atoms with E-state index in [1.165, 1.54) is 18.4 Å². The molecule has 0 radical (unpaired) electrons. The van der Waals surface area contributed by atoms with Gasteiger partial charge in [-0.2, -0.15) is 0 Å². The zero-order valence-electron chi connectivity index (χ0n) is 15.7. The molecular weight excluding hydrogens is 350 g/mol. The highest BCUT2D eigenvalue weighted by atomic mass is 32.1. The molecule has 0 atom stereocenters. The number of carbonyl (C=O) groups is 3. The van der Waals surface area contributed by atoms with Crippen LogP contribution in [-0.4, -0.2) is 24.8 Å². The van der Waals surface area contributed by atoms with Crippen LogP contribution in [-0.2, 0) is 9.53 Å². The lowest BCUT2D eigenvalue weighted by Crippen LogP contribution is -2.15. The van der Waals surface area contributed by atoms with Gasteiger partial charge in [-0.05, 0) is 50.5 Å². The van der Waals surface area contributed by atoms with Gasteiger partial charge in [-0.1, -0.05) is 12.1 Å². The number of anilines is 1. The Morgan fingerprint density at radius 1 is 1.04 bits per heavy atom. The highest BCUT2D eigenvalue weighted by Gasteiger charge is 2.21. The van der Waals surface area contributed by atoms with E-state index < -0.39 is 5.97 Å². The van der Waals surface area contributed by atoms with Gasteiger partial charge in [-0.25, -0.2) is 4.79 Å². The van der Waals surface area contributed by atoms with E-state index in [-0.39, 0.29) is 24.5 Å². The summed E-state index contributed by atoms with van der Waals surface area (Å²) in [5.74, 6) is -0.850. The molecule has 0 fully saturated rings. The normalized spacial score (nSPS) is 10.5. The van der Waals surface area contributed by atoms with E-state index in [1.807, 2.05) is 39.8 Å². The summed E-state index contributed by atoms with van der Waals surface area (Å²) >= 11 is 1.33. The number of carbonyl (C=O) groups excluding carboxylic acids is 3. The number of ketones is 1. The summed E-state index contributed by atoms with van der Waals surface area (Å²) < 4.78 is 4.79.